The normalized spacial score (nSPS) is 18.8. The summed E-state index contributed by atoms with van der Waals surface area (Å²) in [7, 11) is -1.80. The van der Waals surface area contributed by atoms with Gasteiger partial charge in [0, 0.05) is 0 Å². The summed E-state index contributed by atoms with van der Waals surface area (Å²) in [4.78, 5) is 25.9. The maximum Gasteiger partial charge on any atom is 0.417 e. The lowest BCUT2D eigenvalue weighted by Gasteiger charge is -2.35. The summed E-state index contributed by atoms with van der Waals surface area (Å²) in [5, 5.41) is 0.160. The molecule has 1 fully saturated rings. The Morgan fingerprint density at radius 1 is 1.30 bits per heavy atom. The van der Waals surface area contributed by atoms with E-state index in [0.717, 1.165) is 5.56 Å². The maximum absolute atomic E-state index is 12.6. The van der Waals surface area contributed by atoms with E-state index in [2.05, 4.69) is 40.8 Å². The predicted octanol–water partition coefficient (Wildman–Crippen LogP) is 5.69. The van der Waals surface area contributed by atoms with Gasteiger partial charge in [-0.25, -0.2) is 9.69 Å². The number of ether oxygens (including phenoxy) is 1. The van der Waals surface area contributed by atoms with Crippen LogP contribution in [0.5, 0.6) is 0 Å². The summed E-state index contributed by atoms with van der Waals surface area (Å²) in [6.07, 6.45) is 7.84. The highest BCUT2D eigenvalue weighted by Gasteiger charge is 2.38. The van der Waals surface area contributed by atoms with Crippen LogP contribution >= 0.6 is 0 Å². The number of carbonyl (C=O) groups is 2. The topological polar surface area (TPSA) is 55.8 Å². The van der Waals surface area contributed by atoms with E-state index in [1.54, 1.807) is 0 Å². The van der Waals surface area contributed by atoms with E-state index in [0.29, 0.717) is 12.8 Å². The fourth-order valence-electron chi connectivity index (χ4n) is 2.83. The minimum atomic E-state index is -1.80. The molecule has 164 valence electrons. The van der Waals surface area contributed by atoms with Crippen molar-refractivity contribution in [3.8, 4) is 0 Å². The van der Waals surface area contributed by atoms with Gasteiger partial charge in [0.25, 0.3) is 5.91 Å². The first-order valence-electron chi connectivity index (χ1n) is 10.6. The zero-order valence-electron chi connectivity index (χ0n) is 19.1. The Kier molecular flexibility index (Phi) is 8.07. The van der Waals surface area contributed by atoms with E-state index in [1.807, 2.05) is 48.7 Å². The monoisotopic (exact) mass is 429 g/mol. The molecule has 1 aliphatic rings. The number of carbonyl (C=O) groups excluding carboxylic acids is 2. The second-order valence-corrected chi connectivity index (χ2v) is 14.2. The first kappa shape index (κ1) is 23.9. The number of hydrogen-bond acceptors (Lipinski definition) is 4. The highest BCUT2D eigenvalue weighted by molar-refractivity contribution is 6.74. The van der Waals surface area contributed by atoms with Gasteiger partial charge in [-0.1, -0.05) is 64.1 Å². The number of amides is 2. The molecule has 0 saturated carbocycles. The van der Waals surface area contributed by atoms with E-state index in [1.165, 1.54) is 11.0 Å². The molecule has 1 aromatic rings. The molecule has 2 atom stereocenters. The van der Waals surface area contributed by atoms with Gasteiger partial charge in [-0.3, -0.25) is 4.79 Å². The van der Waals surface area contributed by atoms with Gasteiger partial charge in [-0.05, 0) is 54.6 Å². The number of allylic oxidation sites excluding steroid dienone is 2. The fraction of sp³-hybridized carbons (Fsp3) is 0.500. The van der Waals surface area contributed by atoms with Crippen molar-refractivity contribution in [2.45, 2.75) is 64.7 Å². The van der Waals surface area contributed by atoms with Crippen LogP contribution in [-0.2, 0) is 20.4 Å². The van der Waals surface area contributed by atoms with Crippen molar-refractivity contribution in [3.05, 3.63) is 60.4 Å². The number of cyclic esters (lactones) is 1. The summed E-state index contributed by atoms with van der Waals surface area (Å²) in [5.41, 5.74) is 1.07. The summed E-state index contributed by atoms with van der Waals surface area (Å²) in [6.45, 7) is 13.3. The molecule has 0 unspecified atom stereocenters. The Morgan fingerprint density at radius 2 is 1.97 bits per heavy atom. The largest absolute Gasteiger partial charge is 0.549 e. The van der Waals surface area contributed by atoms with Crippen LogP contribution in [0.1, 0.15) is 39.7 Å². The molecule has 5 nitrogen and oxygen atoms in total. The maximum atomic E-state index is 12.6. The number of benzene rings is 1. The van der Waals surface area contributed by atoms with E-state index in [4.69, 9.17) is 9.16 Å². The lowest BCUT2D eigenvalue weighted by molar-refractivity contribution is -0.124. The van der Waals surface area contributed by atoms with Crippen LogP contribution in [0.2, 0.25) is 18.1 Å². The summed E-state index contributed by atoms with van der Waals surface area (Å²) >= 11 is 0. The van der Waals surface area contributed by atoms with Crippen molar-refractivity contribution >= 4 is 20.3 Å². The van der Waals surface area contributed by atoms with Crippen LogP contribution in [-0.4, -0.2) is 37.9 Å². The number of hydrogen-bond donors (Lipinski definition) is 0. The molecule has 1 heterocycles. The average molecular weight is 430 g/mol. The van der Waals surface area contributed by atoms with Gasteiger partial charge >= 0.3 is 6.09 Å². The van der Waals surface area contributed by atoms with Crippen molar-refractivity contribution in [3.63, 3.8) is 0 Å². The van der Waals surface area contributed by atoms with Gasteiger partial charge in [0.05, 0.1) is 12.3 Å². The molecule has 0 radical (unpaired) electrons. The van der Waals surface area contributed by atoms with Crippen molar-refractivity contribution in [1.29, 1.82) is 0 Å². The van der Waals surface area contributed by atoms with E-state index in [-0.39, 0.29) is 29.5 Å². The highest BCUT2D eigenvalue weighted by atomic mass is 28.4. The van der Waals surface area contributed by atoms with Crippen LogP contribution in [0.4, 0.5) is 4.79 Å². The lowest BCUT2D eigenvalue weighted by Crippen LogP contribution is -2.39. The molecular formula is C24H35NO4Si. The van der Waals surface area contributed by atoms with Gasteiger partial charge in [-0.15, -0.1) is 0 Å². The molecule has 0 aliphatic carbocycles. The van der Waals surface area contributed by atoms with Gasteiger partial charge in [0.1, 0.15) is 6.61 Å². The van der Waals surface area contributed by atoms with E-state index in [9.17, 15) is 9.59 Å². The first-order chi connectivity index (χ1) is 14.0. The third-order valence-corrected chi connectivity index (χ3v) is 10.2. The van der Waals surface area contributed by atoms with Crippen molar-refractivity contribution in [2.75, 3.05) is 6.61 Å². The Hall–Kier alpha value is -2.34. The standard InChI is InChI=1S/C24H35NO4Si/c1-19(15-16-29-30(5,6)24(2,3)4)11-10-14-22(26)25-21(18-28-23(25)27)17-20-12-8-7-9-13-20/h7-10,12-16,19,21H,11,17-18H2,1-6H3/b14-10+,16-15-/t19-,21-/m0/s1. The molecular weight excluding hydrogens is 394 g/mol. The van der Waals surface area contributed by atoms with Crippen molar-refractivity contribution < 1.29 is 18.8 Å². The van der Waals surface area contributed by atoms with Gasteiger partial charge in [0.15, 0.2) is 0 Å². The summed E-state index contributed by atoms with van der Waals surface area (Å²) in [5.74, 6) is -0.100. The molecule has 1 aliphatic heterocycles. The molecule has 0 spiro atoms. The van der Waals surface area contributed by atoms with Crippen LogP contribution in [0, 0.1) is 5.92 Å². The Balaban J connectivity index is 1.88. The van der Waals surface area contributed by atoms with E-state index < -0.39 is 14.4 Å². The van der Waals surface area contributed by atoms with Crippen LogP contribution in [0.3, 0.4) is 0 Å². The number of imide groups is 1. The molecule has 0 bridgehead atoms. The SMILES string of the molecule is C[C@H](/C=C\O[Si](C)(C)C(C)(C)C)C/C=C/C(=O)N1C(=O)OC[C@@H]1Cc1ccccc1. The Morgan fingerprint density at radius 3 is 2.60 bits per heavy atom. The van der Waals surface area contributed by atoms with Gasteiger partial charge in [0.2, 0.25) is 8.32 Å². The van der Waals surface area contributed by atoms with E-state index >= 15 is 0 Å². The molecule has 0 N–H and O–H groups in total. The molecule has 2 amide bonds. The zero-order chi connectivity index (χ0) is 22.4. The number of nitrogens with zero attached hydrogens (tertiary/aromatic N) is 1. The molecule has 1 aromatic carbocycles. The Labute approximate surface area is 181 Å². The third kappa shape index (κ3) is 6.59. The minimum Gasteiger partial charge on any atom is -0.549 e. The molecule has 0 aromatic heterocycles. The van der Waals surface area contributed by atoms with Crippen molar-refractivity contribution in [2.24, 2.45) is 5.92 Å². The van der Waals surface area contributed by atoms with Gasteiger partial charge in [-0.2, -0.15) is 0 Å². The second kappa shape index (κ2) is 10.1. The molecule has 2 rings (SSSR count). The quantitative estimate of drug-likeness (QED) is 0.302. The molecule has 1 saturated heterocycles. The average Bonchev–Trinajstić information content (AvgIpc) is 3.01. The van der Waals surface area contributed by atoms with Crippen LogP contribution in [0.25, 0.3) is 0 Å². The van der Waals surface area contributed by atoms with Crippen molar-refractivity contribution in [1.82, 2.24) is 4.90 Å². The summed E-state index contributed by atoms with van der Waals surface area (Å²) in [6, 6.07) is 9.54. The third-order valence-electron chi connectivity index (χ3n) is 5.86. The lowest BCUT2D eigenvalue weighted by atomic mass is 10.1. The smallest absolute Gasteiger partial charge is 0.417 e. The Bertz CT molecular complexity index is 780. The second-order valence-electron chi connectivity index (χ2n) is 9.45. The summed E-state index contributed by atoms with van der Waals surface area (Å²) < 4.78 is 11.2. The number of rotatable bonds is 8. The molecule has 6 heteroatoms. The van der Waals surface area contributed by atoms with Gasteiger partial charge < -0.3 is 9.16 Å². The molecule has 30 heavy (non-hydrogen) atoms. The highest BCUT2D eigenvalue weighted by Crippen LogP contribution is 2.36. The fourth-order valence-corrected chi connectivity index (χ4v) is 3.60. The zero-order valence-corrected chi connectivity index (χ0v) is 20.1. The first-order valence-corrected chi connectivity index (χ1v) is 13.5. The minimum absolute atomic E-state index is 0.160. The van der Waals surface area contributed by atoms with Crippen LogP contribution in [0.15, 0.2) is 54.8 Å². The van der Waals surface area contributed by atoms with Crippen LogP contribution < -0.4 is 0 Å². The predicted molar refractivity (Wildman–Crippen MR) is 122 cm³/mol.